The summed E-state index contributed by atoms with van der Waals surface area (Å²) in [5.74, 6) is -0.344. The zero-order valence-corrected chi connectivity index (χ0v) is 10.9. The Kier molecular flexibility index (Phi) is 3.95. The third kappa shape index (κ3) is 2.81. The van der Waals surface area contributed by atoms with Crippen molar-refractivity contribution in [2.24, 2.45) is 0 Å². The van der Waals surface area contributed by atoms with Gasteiger partial charge in [-0.2, -0.15) is 5.26 Å². The van der Waals surface area contributed by atoms with E-state index in [2.05, 4.69) is 15.2 Å². The molecule has 19 heavy (non-hydrogen) atoms. The van der Waals surface area contributed by atoms with Gasteiger partial charge in [0.1, 0.15) is 17.4 Å². The first kappa shape index (κ1) is 13.3. The summed E-state index contributed by atoms with van der Waals surface area (Å²) in [6.45, 7) is 0. The summed E-state index contributed by atoms with van der Waals surface area (Å²) in [5.41, 5.74) is 0.432. The van der Waals surface area contributed by atoms with E-state index in [1.807, 2.05) is 6.07 Å². The normalized spacial score (nSPS) is 11.6. The number of hydrogen-bond donors (Lipinski definition) is 1. The van der Waals surface area contributed by atoms with Crippen LogP contribution in [0.4, 0.5) is 0 Å². The van der Waals surface area contributed by atoms with Crippen LogP contribution in [0.25, 0.3) is 11.3 Å². The average molecular weight is 293 g/mol. The third-order valence-electron chi connectivity index (χ3n) is 2.24. The van der Waals surface area contributed by atoms with Crippen LogP contribution in [0.15, 0.2) is 30.5 Å². The van der Waals surface area contributed by atoms with Crippen LogP contribution >= 0.6 is 23.2 Å². The molecule has 0 bridgehead atoms. The Hall–Kier alpha value is -2.16. The van der Waals surface area contributed by atoms with Crippen LogP contribution < -0.4 is 0 Å². The lowest BCUT2D eigenvalue weighted by atomic mass is 10.1. The molecule has 0 saturated heterocycles. The molecule has 5 nitrogen and oxygen atoms in total. The van der Waals surface area contributed by atoms with Gasteiger partial charge < -0.3 is 5.11 Å². The maximum Gasteiger partial charge on any atom is 0.162 e. The predicted octanol–water partition coefficient (Wildman–Crippen LogP) is 3.13. The molecule has 0 atom stereocenters. The zero-order chi connectivity index (χ0) is 13.8. The molecule has 0 saturated carbocycles. The molecule has 0 fully saturated rings. The number of hydrogen-bond acceptors (Lipinski definition) is 5. The first-order chi connectivity index (χ1) is 9.13. The van der Waals surface area contributed by atoms with Crippen LogP contribution in [0.3, 0.4) is 0 Å². The Morgan fingerprint density at radius 3 is 2.68 bits per heavy atom. The van der Waals surface area contributed by atoms with E-state index < -0.39 is 0 Å². The van der Waals surface area contributed by atoms with Crippen molar-refractivity contribution in [1.82, 2.24) is 15.2 Å². The van der Waals surface area contributed by atoms with E-state index >= 15 is 0 Å². The number of nitriles is 1. The number of allylic oxidation sites excluding steroid dienone is 1. The molecule has 2 heterocycles. The summed E-state index contributed by atoms with van der Waals surface area (Å²) in [4.78, 5) is 4.00. The summed E-state index contributed by atoms with van der Waals surface area (Å²) >= 11 is 11.5. The van der Waals surface area contributed by atoms with Gasteiger partial charge in [-0.3, -0.25) is 4.98 Å². The van der Waals surface area contributed by atoms with Gasteiger partial charge in [-0.25, -0.2) is 0 Å². The van der Waals surface area contributed by atoms with Crippen molar-refractivity contribution >= 4 is 34.5 Å². The van der Waals surface area contributed by atoms with Gasteiger partial charge in [0.05, 0.1) is 11.3 Å². The van der Waals surface area contributed by atoms with E-state index in [4.69, 9.17) is 28.5 Å². The minimum absolute atomic E-state index is 0.0217. The molecular weight excluding hydrogens is 287 g/mol. The van der Waals surface area contributed by atoms with Gasteiger partial charge in [-0.05, 0) is 18.2 Å². The van der Waals surface area contributed by atoms with Crippen molar-refractivity contribution in [3.63, 3.8) is 0 Å². The second-order valence-electron chi connectivity index (χ2n) is 3.42. The maximum atomic E-state index is 10.1. The van der Waals surface area contributed by atoms with Crippen molar-refractivity contribution in [1.29, 1.82) is 5.26 Å². The second-order valence-corrected chi connectivity index (χ2v) is 4.17. The van der Waals surface area contributed by atoms with E-state index in [1.54, 1.807) is 18.2 Å². The van der Waals surface area contributed by atoms with E-state index in [1.165, 1.54) is 12.3 Å². The standard InChI is InChI=1S/C12H6Cl2N4O/c13-10-5-7(12(14)18-17-10)11(19)8(6-15)9-3-1-2-4-16-9/h1-5,19H/b11-8-. The summed E-state index contributed by atoms with van der Waals surface area (Å²) in [6, 6.07) is 8.21. The fraction of sp³-hybridized carbons (Fsp3) is 0. The van der Waals surface area contributed by atoms with E-state index in [0.717, 1.165) is 0 Å². The van der Waals surface area contributed by atoms with E-state index in [9.17, 15) is 5.11 Å². The lowest BCUT2D eigenvalue weighted by Gasteiger charge is -2.05. The van der Waals surface area contributed by atoms with Gasteiger partial charge in [0, 0.05) is 6.20 Å². The Balaban J connectivity index is 2.62. The molecule has 0 unspecified atom stereocenters. The van der Waals surface area contributed by atoms with Crippen LogP contribution in [0.1, 0.15) is 11.3 Å². The summed E-state index contributed by atoms with van der Waals surface area (Å²) in [5, 5.41) is 26.4. The van der Waals surface area contributed by atoms with Crippen LogP contribution in [0.2, 0.25) is 10.3 Å². The number of aliphatic hydroxyl groups is 1. The van der Waals surface area contributed by atoms with Gasteiger partial charge in [-0.1, -0.05) is 29.3 Å². The topological polar surface area (TPSA) is 82.7 Å². The molecule has 7 heteroatoms. The van der Waals surface area contributed by atoms with E-state index in [-0.39, 0.29) is 27.2 Å². The quantitative estimate of drug-likeness (QED) is 0.679. The van der Waals surface area contributed by atoms with Crippen molar-refractivity contribution in [2.45, 2.75) is 0 Å². The highest BCUT2D eigenvalue weighted by molar-refractivity contribution is 6.32. The Labute approximate surface area is 118 Å². The fourth-order valence-corrected chi connectivity index (χ4v) is 1.72. The van der Waals surface area contributed by atoms with Gasteiger partial charge in [0.2, 0.25) is 0 Å². The molecule has 0 amide bonds. The Bertz CT molecular complexity index is 680. The van der Waals surface area contributed by atoms with Crippen molar-refractivity contribution < 1.29 is 5.11 Å². The van der Waals surface area contributed by atoms with Crippen molar-refractivity contribution in [3.05, 3.63) is 52.0 Å². The molecule has 0 radical (unpaired) electrons. The molecule has 94 valence electrons. The maximum absolute atomic E-state index is 10.1. The number of pyridine rings is 1. The SMILES string of the molecule is N#C/C(=C(/O)c1cc(Cl)nnc1Cl)c1ccccn1. The van der Waals surface area contributed by atoms with Crippen LogP contribution in [0.5, 0.6) is 0 Å². The Morgan fingerprint density at radius 2 is 2.05 bits per heavy atom. The molecule has 0 aromatic carbocycles. The van der Waals surface area contributed by atoms with Gasteiger partial charge in [0.15, 0.2) is 10.3 Å². The minimum Gasteiger partial charge on any atom is -0.506 e. The predicted molar refractivity (Wildman–Crippen MR) is 71.3 cm³/mol. The lowest BCUT2D eigenvalue weighted by Crippen LogP contribution is -1.96. The van der Waals surface area contributed by atoms with Gasteiger partial charge in [-0.15, -0.1) is 10.2 Å². The number of rotatable bonds is 2. The summed E-state index contributed by atoms with van der Waals surface area (Å²) < 4.78 is 0. The monoisotopic (exact) mass is 292 g/mol. The summed E-state index contributed by atoms with van der Waals surface area (Å²) in [6.07, 6.45) is 1.51. The molecule has 2 aromatic rings. The van der Waals surface area contributed by atoms with Crippen LogP contribution in [-0.4, -0.2) is 20.3 Å². The minimum atomic E-state index is -0.344. The number of halogens is 2. The smallest absolute Gasteiger partial charge is 0.162 e. The fourth-order valence-electron chi connectivity index (χ4n) is 1.40. The van der Waals surface area contributed by atoms with Crippen molar-refractivity contribution in [2.75, 3.05) is 0 Å². The number of nitrogens with zero attached hydrogens (tertiary/aromatic N) is 4. The van der Waals surface area contributed by atoms with Crippen molar-refractivity contribution in [3.8, 4) is 6.07 Å². The third-order valence-corrected chi connectivity index (χ3v) is 2.71. The number of aromatic nitrogens is 3. The highest BCUT2D eigenvalue weighted by Gasteiger charge is 2.16. The van der Waals surface area contributed by atoms with Crippen LogP contribution in [-0.2, 0) is 0 Å². The lowest BCUT2D eigenvalue weighted by molar-refractivity contribution is 0.513. The first-order valence-corrected chi connectivity index (χ1v) is 5.83. The highest BCUT2D eigenvalue weighted by Crippen LogP contribution is 2.27. The zero-order valence-electron chi connectivity index (χ0n) is 9.38. The molecule has 0 spiro atoms. The Morgan fingerprint density at radius 1 is 1.26 bits per heavy atom. The van der Waals surface area contributed by atoms with Gasteiger partial charge in [0.25, 0.3) is 0 Å². The largest absolute Gasteiger partial charge is 0.506 e. The molecule has 2 aromatic heterocycles. The van der Waals surface area contributed by atoms with Gasteiger partial charge >= 0.3 is 0 Å². The average Bonchev–Trinajstić information content (AvgIpc) is 2.43. The first-order valence-electron chi connectivity index (χ1n) is 5.07. The molecule has 0 aliphatic carbocycles. The molecular formula is C12H6Cl2N4O. The molecule has 0 aliphatic heterocycles. The molecule has 1 N–H and O–H groups in total. The molecule has 0 aliphatic rings. The number of aliphatic hydroxyl groups excluding tert-OH is 1. The van der Waals surface area contributed by atoms with E-state index in [0.29, 0.717) is 5.69 Å². The second kappa shape index (κ2) is 5.65. The molecule has 2 rings (SSSR count). The van der Waals surface area contributed by atoms with Crippen LogP contribution in [0, 0.1) is 11.3 Å². The highest BCUT2D eigenvalue weighted by atomic mass is 35.5. The summed E-state index contributed by atoms with van der Waals surface area (Å²) in [7, 11) is 0.